The van der Waals surface area contributed by atoms with Crippen molar-refractivity contribution in [1.29, 1.82) is 0 Å². The molecule has 3 aromatic rings. The van der Waals surface area contributed by atoms with Crippen molar-refractivity contribution in [3.63, 3.8) is 0 Å². The van der Waals surface area contributed by atoms with Gasteiger partial charge in [0.05, 0.1) is 0 Å². The molecule has 0 nitrogen and oxygen atoms in total. The maximum Gasteiger partial charge on any atom is 0.162 e. The highest BCUT2D eigenvalue weighted by Gasteiger charge is 2.24. The van der Waals surface area contributed by atoms with Crippen LogP contribution in [0.1, 0.15) is 67.7 Å². The van der Waals surface area contributed by atoms with Gasteiger partial charge in [-0.2, -0.15) is 0 Å². The third kappa shape index (κ3) is 4.92. The quantitative estimate of drug-likeness (QED) is 0.364. The van der Waals surface area contributed by atoms with Crippen molar-refractivity contribution in [1.82, 2.24) is 0 Å². The molecule has 32 heavy (non-hydrogen) atoms. The van der Waals surface area contributed by atoms with E-state index in [-0.39, 0.29) is 11.7 Å². The van der Waals surface area contributed by atoms with Crippen LogP contribution in [0.5, 0.6) is 0 Å². The van der Waals surface area contributed by atoms with Crippen LogP contribution < -0.4 is 0 Å². The largest absolute Gasteiger partial charge is 0.207 e. The van der Waals surface area contributed by atoms with Crippen molar-refractivity contribution in [3.05, 3.63) is 94.3 Å². The minimum atomic E-state index is -0.691. The molecular formula is C29H31F3. The summed E-state index contributed by atoms with van der Waals surface area (Å²) >= 11 is 0. The summed E-state index contributed by atoms with van der Waals surface area (Å²) in [4.78, 5) is 0. The first-order valence-electron chi connectivity index (χ1n) is 11.8. The van der Waals surface area contributed by atoms with E-state index in [4.69, 9.17) is 0 Å². The van der Waals surface area contributed by atoms with Gasteiger partial charge in [0.1, 0.15) is 5.82 Å². The molecule has 1 fully saturated rings. The van der Waals surface area contributed by atoms with Crippen molar-refractivity contribution < 1.29 is 13.2 Å². The molecule has 3 heteroatoms. The van der Waals surface area contributed by atoms with Gasteiger partial charge in [0.15, 0.2) is 11.6 Å². The zero-order valence-electron chi connectivity index (χ0n) is 18.9. The van der Waals surface area contributed by atoms with E-state index in [2.05, 4.69) is 6.92 Å². The Kier molecular flexibility index (Phi) is 7.03. The second-order valence-electron chi connectivity index (χ2n) is 9.26. The molecule has 1 aliphatic carbocycles. The fraction of sp³-hybridized carbons (Fsp3) is 0.379. The lowest BCUT2D eigenvalue weighted by atomic mass is 9.79. The molecule has 0 bridgehead atoms. The topological polar surface area (TPSA) is 0 Å². The highest BCUT2D eigenvalue weighted by molar-refractivity contribution is 5.64. The fourth-order valence-corrected chi connectivity index (χ4v) is 4.84. The Hall–Kier alpha value is -2.55. The van der Waals surface area contributed by atoms with Crippen LogP contribution in [0, 0.1) is 23.4 Å². The summed E-state index contributed by atoms with van der Waals surface area (Å²) < 4.78 is 43.7. The van der Waals surface area contributed by atoms with Gasteiger partial charge in [-0.25, -0.2) is 13.2 Å². The van der Waals surface area contributed by atoms with Crippen LogP contribution in [0.3, 0.4) is 0 Å². The molecule has 0 N–H and O–H groups in total. The average Bonchev–Trinajstić information content (AvgIpc) is 2.81. The van der Waals surface area contributed by atoms with Crippen LogP contribution in [-0.4, -0.2) is 0 Å². The number of hydrogen-bond donors (Lipinski definition) is 0. The number of benzene rings is 3. The van der Waals surface area contributed by atoms with Crippen LogP contribution in [0.4, 0.5) is 13.2 Å². The molecule has 0 radical (unpaired) electrons. The van der Waals surface area contributed by atoms with E-state index in [0.29, 0.717) is 41.9 Å². The van der Waals surface area contributed by atoms with E-state index in [1.807, 2.05) is 43.3 Å². The van der Waals surface area contributed by atoms with E-state index >= 15 is 0 Å². The van der Waals surface area contributed by atoms with E-state index in [9.17, 15) is 13.2 Å². The average molecular weight is 437 g/mol. The Morgan fingerprint density at radius 1 is 0.719 bits per heavy atom. The van der Waals surface area contributed by atoms with Crippen molar-refractivity contribution in [3.8, 4) is 11.1 Å². The molecule has 0 spiro atoms. The molecule has 168 valence electrons. The monoisotopic (exact) mass is 436 g/mol. The SMILES string of the molecule is CCc1ccc(-c2ccc(CCc3ccc(C4CCC(C)CC4)c(F)c3F)cc2)cc1F. The lowest BCUT2D eigenvalue weighted by molar-refractivity contribution is 0.339. The van der Waals surface area contributed by atoms with E-state index < -0.39 is 11.6 Å². The summed E-state index contributed by atoms with van der Waals surface area (Å²) in [6, 6.07) is 16.8. The fourth-order valence-electron chi connectivity index (χ4n) is 4.84. The molecule has 0 atom stereocenters. The van der Waals surface area contributed by atoms with Crippen LogP contribution in [0.15, 0.2) is 54.6 Å². The lowest BCUT2D eigenvalue weighted by Gasteiger charge is -2.27. The summed E-state index contributed by atoms with van der Waals surface area (Å²) in [5, 5.41) is 0. The smallest absolute Gasteiger partial charge is 0.162 e. The van der Waals surface area contributed by atoms with Crippen LogP contribution >= 0.6 is 0 Å². The summed E-state index contributed by atoms with van der Waals surface area (Å²) in [6.45, 7) is 4.16. The molecule has 4 rings (SSSR count). The summed E-state index contributed by atoms with van der Waals surface area (Å²) in [6.07, 6.45) is 5.79. The highest BCUT2D eigenvalue weighted by Crippen LogP contribution is 2.37. The van der Waals surface area contributed by atoms with E-state index in [0.717, 1.165) is 42.4 Å². The molecule has 0 amide bonds. The molecular weight excluding hydrogens is 405 g/mol. The van der Waals surface area contributed by atoms with Gasteiger partial charge in [0.25, 0.3) is 0 Å². The summed E-state index contributed by atoms with van der Waals surface area (Å²) in [5.41, 5.74) is 4.51. The predicted molar refractivity (Wildman–Crippen MR) is 125 cm³/mol. The van der Waals surface area contributed by atoms with Gasteiger partial charge in [-0.3, -0.25) is 0 Å². The Bertz CT molecular complexity index is 1060. The maximum absolute atomic E-state index is 14.8. The van der Waals surface area contributed by atoms with Crippen molar-refractivity contribution >= 4 is 0 Å². The number of rotatable bonds is 6. The number of aryl methyl sites for hydroxylation is 3. The zero-order chi connectivity index (χ0) is 22.7. The number of halogens is 3. The van der Waals surface area contributed by atoms with E-state index in [1.165, 1.54) is 0 Å². The zero-order valence-corrected chi connectivity index (χ0v) is 18.9. The molecule has 1 saturated carbocycles. The van der Waals surface area contributed by atoms with Crippen LogP contribution in [0.25, 0.3) is 11.1 Å². The highest BCUT2D eigenvalue weighted by atomic mass is 19.2. The summed E-state index contributed by atoms with van der Waals surface area (Å²) in [5.74, 6) is -0.713. The van der Waals surface area contributed by atoms with Gasteiger partial charge < -0.3 is 0 Å². The van der Waals surface area contributed by atoms with Crippen molar-refractivity contribution in [2.75, 3.05) is 0 Å². The standard InChI is InChI=1S/C29H31F3/c1-3-21-14-15-25(18-27(21)30)22-11-6-20(7-12-22)8-13-24-16-17-26(29(32)28(24)31)23-9-4-19(2)5-10-23/h6-7,11-12,14-19,23H,3-5,8-10,13H2,1-2H3. The first-order valence-corrected chi connectivity index (χ1v) is 11.8. The predicted octanol–water partition coefficient (Wildman–Crippen LogP) is 8.41. The van der Waals surface area contributed by atoms with Gasteiger partial charge >= 0.3 is 0 Å². The van der Waals surface area contributed by atoms with E-state index in [1.54, 1.807) is 18.2 Å². The molecule has 1 aliphatic rings. The Morgan fingerprint density at radius 2 is 1.38 bits per heavy atom. The van der Waals surface area contributed by atoms with Gasteiger partial charge in [0, 0.05) is 0 Å². The van der Waals surface area contributed by atoms with Crippen LogP contribution in [0.2, 0.25) is 0 Å². The van der Waals surface area contributed by atoms with Crippen molar-refractivity contribution in [2.24, 2.45) is 5.92 Å². The van der Waals surface area contributed by atoms with Crippen LogP contribution in [-0.2, 0) is 19.3 Å². The molecule has 0 unspecified atom stereocenters. The Labute approximate surface area is 189 Å². The lowest BCUT2D eigenvalue weighted by Crippen LogP contribution is -2.13. The first-order chi connectivity index (χ1) is 15.5. The molecule has 0 saturated heterocycles. The molecule has 0 aromatic heterocycles. The second kappa shape index (κ2) is 9.94. The second-order valence-corrected chi connectivity index (χ2v) is 9.26. The third-order valence-electron chi connectivity index (χ3n) is 7.05. The van der Waals surface area contributed by atoms with Gasteiger partial charge in [-0.05, 0) is 83.4 Å². The Morgan fingerprint density at radius 3 is 2.03 bits per heavy atom. The third-order valence-corrected chi connectivity index (χ3v) is 7.05. The minimum absolute atomic E-state index is 0.138. The van der Waals surface area contributed by atoms with Gasteiger partial charge in [-0.1, -0.05) is 75.2 Å². The minimum Gasteiger partial charge on any atom is -0.207 e. The van der Waals surface area contributed by atoms with Gasteiger partial charge in [-0.15, -0.1) is 0 Å². The first kappa shape index (κ1) is 22.6. The van der Waals surface area contributed by atoms with Crippen molar-refractivity contribution in [2.45, 2.75) is 64.7 Å². The van der Waals surface area contributed by atoms with Gasteiger partial charge in [0.2, 0.25) is 0 Å². The number of hydrogen-bond acceptors (Lipinski definition) is 0. The summed E-state index contributed by atoms with van der Waals surface area (Å²) in [7, 11) is 0. The molecule has 0 aliphatic heterocycles. The maximum atomic E-state index is 14.8. The molecule has 0 heterocycles. The normalized spacial score (nSPS) is 18.7. The Balaban J connectivity index is 1.42. The molecule has 3 aromatic carbocycles.